The fraction of sp³-hybridized carbons (Fsp3) is 0.231. The minimum absolute atomic E-state index is 0.0238. The SMILES string of the molecule is CC1=NN(c2c(F)c(F)c(F)c(F)c2F)C(=O)/C1=C/c1cc(C)n(-c2ccc(C(C)C)cc2)c1C. The van der Waals surface area contributed by atoms with Crippen LogP contribution in [-0.4, -0.2) is 16.2 Å². The van der Waals surface area contributed by atoms with Crippen molar-refractivity contribution in [3.63, 3.8) is 0 Å². The van der Waals surface area contributed by atoms with Crippen LogP contribution in [0.1, 0.15) is 49.2 Å². The number of rotatable bonds is 4. The number of aryl methyl sites for hydroxylation is 1. The molecular formula is C26H22F5N3O. The molecular weight excluding hydrogens is 465 g/mol. The first-order valence-electron chi connectivity index (χ1n) is 10.9. The van der Waals surface area contributed by atoms with E-state index in [1.807, 2.05) is 48.7 Å². The Balaban J connectivity index is 1.74. The Labute approximate surface area is 199 Å². The fourth-order valence-electron chi connectivity index (χ4n) is 4.11. The number of amides is 1. The quantitative estimate of drug-likeness (QED) is 0.174. The van der Waals surface area contributed by atoms with Crippen molar-refractivity contribution in [2.24, 2.45) is 5.10 Å². The zero-order valence-electron chi connectivity index (χ0n) is 19.7. The van der Waals surface area contributed by atoms with E-state index < -0.39 is 40.7 Å². The van der Waals surface area contributed by atoms with E-state index >= 15 is 0 Å². The van der Waals surface area contributed by atoms with E-state index in [-0.39, 0.29) is 16.3 Å². The first-order valence-corrected chi connectivity index (χ1v) is 10.9. The van der Waals surface area contributed by atoms with E-state index in [2.05, 4.69) is 18.9 Å². The summed E-state index contributed by atoms with van der Waals surface area (Å²) in [5.41, 5.74) is 3.06. The molecule has 0 atom stereocenters. The van der Waals surface area contributed by atoms with Gasteiger partial charge in [0.2, 0.25) is 5.82 Å². The van der Waals surface area contributed by atoms with Crippen LogP contribution in [0.25, 0.3) is 11.8 Å². The molecule has 1 amide bonds. The lowest BCUT2D eigenvalue weighted by atomic mass is 10.0. The number of anilines is 1. The molecule has 0 aliphatic carbocycles. The molecule has 0 bridgehead atoms. The Bertz CT molecular complexity index is 1390. The number of carbonyl (C=O) groups is 1. The second kappa shape index (κ2) is 8.79. The molecule has 35 heavy (non-hydrogen) atoms. The second-order valence-electron chi connectivity index (χ2n) is 8.69. The van der Waals surface area contributed by atoms with Crippen LogP contribution in [0.5, 0.6) is 0 Å². The minimum Gasteiger partial charge on any atom is -0.318 e. The Morgan fingerprint density at radius 2 is 1.40 bits per heavy atom. The van der Waals surface area contributed by atoms with Gasteiger partial charge >= 0.3 is 0 Å². The topological polar surface area (TPSA) is 37.6 Å². The molecule has 2 aromatic carbocycles. The summed E-state index contributed by atoms with van der Waals surface area (Å²) in [7, 11) is 0. The Hall–Kier alpha value is -3.75. The molecule has 0 fully saturated rings. The van der Waals surface area contributed by atoms with Crippen molar-refractivity contribution < 1.29 is 26.7 Å². The largest absolute Gasteiger partial charge is 0.318 e. The summed E-state index contributed by atoms with van der Waals surface area (Å²) < 4.78 is 71.4. The molecule has 0 saturated heterocycles. The van der Waals surface area contributed by atoms with E-state index in [4.69, 9.17) is 0 Å². The van der Waals surface area contributed by atoms with Gasteiger partial charge in [0, 0.05) is 17.1 Å². The number of hydrogen-bond acceptors (Lipinski definition) is 2. The van der Waals surface area contributed by atoms with Crippen molar-refractivity contribution >= 4 is 23.4 Å². The van der Waals surface area contributed by atoms with Crippen LogP contribution in [0.15, 0.2) is 41.0 Å². The zero-order chi connectivity index (χ0) is 25.8. The van der Waals surface area contributed by atoms with Gasteiger partial charge in [-0.15, -0.1) is 0 Å². The Morgan fingerprint density at radius 3 is 1.94 bits per heavy atom. The van der Waals surface area contributed by atoms with Gasteiger partial charge in [0.05, 0.1) is 11.3 Å². The van der Waals surface area contributed by atoms with Crippen molar-refractivity contribution in [3.8, 4) is 5.69 Å². The maximum absolute atomic E-state index is 14.3. The average Bonchev–Trinajstić information content (AvgIpc) is 3.26. The summed E-state index contributed by atoms with van der Waals surface area (Å²) in [6, 6.07) is 9.89. The van der Waals surface area contributed by atoms with Crippen LogP contribution in [0.2, 0.25) is 0 Å². The van der Waals surface area contributed by atoms with Gasteiger partial charge < -0.3 is 4.57 Å². The number of benzene rings is 2. The summed E-state index contributed by atoms with van der Waals surface area (Å²) in [4.78, 5) is 13.0. The van der Waals surface area contributed by atoms with E-state index in [1.54, 1.807) is 0 Å². The summed E-state index contributed by atoms with van der Waals surface area (Å²) >= 11 is 0. The third-order valence-electron chi connectivity index (χ3n) is 6.05. The predicted molar refractivity (Wildman–Crippen MR) is 124 cm³/mol. The Morgan fingerprint density at radius 1 is 0.857 bits per heavy atom. The van der Waals surface area contributed by atoms with Crippen molar-refractivity contribution in [2.75, 3.05) is 5.01 Å². The molecule has 182 valence electrons. The van der Waals surface area contributed by atoms with Crippen molar-refractivity contribution in [3.05, 3.63) is 87.5 Å². The highest BCUT2D eigenvalue weighted by molar-refractivity contribution is 6.32. The summed E-state index contributed by atoms with van der Waals surface area (Å²) in [6.45, 7) is 9.36. The number of carbonyl (C=O) groups excluding carboxylic acids is 1. The van der Waals surface area contributed by atoms with Crippen LogP contribution in [0, 0.1) is 42.9 Å². The predicted octanol–water partition coefficient (Wildman–Crippen LogP) is 6.72. The van der Waals surface area contributed by atoms with E-state index in [0.717, 1.165) is 17.1 Å². The smallest absolute Gasteiger partial charge is 0.280 e. The van der Waals surface area contributed by atoms with Crippen LogP contribution < -0.4 is 5.01 Å². The van der Waals surface area contributed by atoms with Crippen LogP contribution >= 0.6 is 0 Å². The lowest BCUT2D eigenvalue weighted by Gasteiger charge is -2.15. The lowest BCUT2D eigenvalue weighted by molar-refractivity contribution is -0.114. The number of hydrogen-bond donors (Lipinski definition) is 0. The minimum atomic E-state index is -2.30. The molecule has 0 saturated carbocycles. The molecule has 0 N–H and O–H groups in total. The lowest BCUT2D eigenvalue weighted by Crippen LogP contribution is -2.25. The van der Waals surface area contributed by atoms with Gasteiger partial charge in [-0.05, 0) is 62.1 Å². The third kappa shape index (κ3) is 3.94. The van der Waals surface area contributed by atoms with Crippen LogP contribution in [0.3, 0.4) is 0 Å². The first-order chi connectivity index (χ1) is 16.4. The number of hydrazone groups is 1. The molecule has 2 heterocycles. The average molecular weight is 487 g/mol. The molecule has 1 aliphatic heterocycles. The van der Waals surface area contributed by atoms with E-state index in [0.29, 0.717) is 11.5 Å². The van der Waals surface area contributed by atoms with Gasteiger partial charge in [-0.3, -0.25) is 4.79 Å². The zero-order valence-corrected chi connectivity index (χ0v) is 19.7. The highest BCUT2D eigenvalue weighted by Crippen LogP contribution is 2.34. The van der Waals surface area contributed by atoms with Gasteiger partial charge in [0.15, 0.2) is 23.3 Å². The molecule has 4 rings (SSSR count). The summed E-state index contributed by atoms with van der Waals surface area (Å²) in [6.07, 6.45) is 1.49. The fourth-order valence-corrected chi connectivity index (χ4v) is 4.11. The summed E-state index contributed by atoms with van der Waals surface area (Å²) in [5.74, 6) is -11.5. The van der Waals surface area contributed by atoms with E-state index in [9.17, 15) is 26.7 Å². The third-order valence-corrected chi connectivity index (χ3v) is 6.05. The normalized spacial score (nSPS) is 15.1. The van der Waals surface area contributed by atoms with E-state index in [1.165, 1.54) is 18.6 Å². The van der Waals surface area contributed by atoms with Crippen LogP contribution in [0.4, 0.5) is 27.6 Å². The molecule has 9 heteroatoms. The number of halogens is 5. The molecule has 4 nitrogen and oxygen atoms in total. The first kappa shape index (κ1) is 24.4. The van der Waals surface area contributed by atoms with Crippen molar-refractivity contribution in [1.82, 2.24) is 4.57 Å². The maximum atomic E-state index is 14.3. The monoisotopic (exact) mass is 487 g/mol. The maximum Gasteiger partial charge on any atom is 0.280 e. The molecule has 0 spiro atoms. The highest BCUT2D eigenvalue weighted by Gasteiger charge is 2.37. The van der Waals surface area contributed by atoms with Gasteiger partial charge in [-0.25, -0.2) is 22.0 Å². The molecule has 0 unspecified atom stereocenters. The van der Waals surface area contributed by atoms with Gasteiger partial charge in [0.25, 0.3) is 5.91 Å². The summed E-state index contributed by atoms with van der Waals surface area (Å²) in [5, 5.41) is 3.99. The highest BCUT2D eigenvalue weighted by atomic mass is 19.2. The molecule has 0 radical (unpaired) electrons. The van der Waals surface area contributed by atoms with Gasteiger partial charge in [-0.1, -0.05) is 26.0 Å². The molecule has 1 aliphatic rings. The Kier molecular flexibility index (Phi) is 6.12. The van der Waals surface area contributed by atoms with Gasteiger partial charge in [-0.2, -0.15) is 10.1 Å². The second-order valence-corrected chi connectivity index (χ2v) is 8.69. The van der Waals surface area contributed by atoms with Gasteiger partial charge in [0.1, 0.15) is 5.69 Å². The van der Waals surface area contributed by atoms with Crippen molar-refractivity contribution in [2.45, 2.75) is 40.5 Å². The van der Waals surface area contributed by atoms with Crippen molar-refractivity contribution in [1.29, 1.82) is 0 Å². The standard InChI is InChI=1S/C26H22F5N3O/c1-12(2)16-6-8-18(9-7-16)33-13(3)10-17(15(33)5)11-19-14(4)32-34(26(19)35)25-23(30)21(28)20(27)22(29)24(25)31/h6-12H,1-5H3/b19-11+. The van der Waals surface area contributed by atoms with Crippen LogP contribution in [-0.2, 0) is 4.79 Å². The number of nitrogens with zero attached hydrogens (tertiary/aromatic N) is 3. The molecule has 3 aromatic rings. The number of aromatic nitrogens is 1. The molecule has 1 aromatic heterocycles.